The molecule has 4 heteroatoms. The Bertz CT molecular complexity index is 611. The summed E-state index contributed by atoms with van der Waals surface area (Å²) < 4.78 is 5.10. The molecule has 0 saturated carbocycles. The van der Waals surface area contributed by atoms with E-state index in [2.05, 4.69) is 10.6 Å². The van der Waals surface area contributed by atoms with Crippen molar-refractivity contribution in [3.63, 3.8) is 0 Å². The molecule has 0 aromatic heterocycles. The Kier molecular flexibility index (Phi) is 5.35. The van der Waals surface area contributed by atoms with Crippen molar-refractivity contribution in [1.29, 1.82) is 0 Å². The zero-order chi connectivity index (χ0) is 15.1. The van der Waals surface area contributed by atoms with E-state index in [-0.39, 0.29) is 5.91 Å². The molecule has 0 spiro atoms. The average molecular weight is 284 g/mol. The van der Waals surface area contributed by atoms with E-state index in [9.17, 15) is 4.79 Å². The second kappa shape index (κ2) is 7.45. The Morgan fingerprint density at radius 2 is 1.71 bits per heavy atom. The lowest BCUT2D eigenvalue weighted by molar-refractivity contribution is 0.102. The van der Waals surface area contributed by atoms with E-state index in [4.69, 9.17) is 4.74 Å². The lowest BCUT2D eigenvalue weighted by atomic mass is 10.1. The molecule has 21 heavy (non-hydrogen) atoms. The summed E-state index contributed by atoms with van der Waals surface area (Å²) in [5.74, 6) is -0.121. The van der Waals surface area contributed by atoms with Crippen LogP contribution in [0.1, 0.15) is 15.9 Å². The summed E-state index contributed by atoms with van der Waals surface area (Å²) in [4.78, 5) is 12.4. The fourth-order valence-corrected chi connectivity index (χ4v) is 2.16. The summed E-state index contributed by atoms with van der Waals surface area (Å²) in [5.41, 5.74) is 3.33. The van der Waals surface area contributed by atoms with Gasteiger partial charge in [-0.2, -0.15) is 0 Å². The minimum Gasteiger partial charge on any atom is -0.387 e. The number of rotatable bonds is 6. The first-order valence-electron chi connectivity index (χ1n) is 6.91. The number of ether oxygens (including phenoxy) is 1. The van der Waals surface area contributed by atoms with Gasteiger partial charge in [-0.05, 0) is 30.2 Å². The first-order valence-corrected chi connectivity index (χ1v) is 6.91. The van der Waals surface area contributed by atoms with Gasteiger partial charge in [-0.25, -0.2) is 0 Å². The van der Waals surface area contributed by atoms with Gasteiger partial charge in [0.2, 0.25) is 0 Å². The highest BCUT2D eigenvalue weighted by Crippen LogP contribution is 2.20. The van der Waals surface area contributed by atoms with Crippen LogP contribution < -0.4 is 10.6 Å². The third-order valence-corrected chi connectivity index (χ3v) is 3.28. The van der Waals surface area contributed by atoms with Crippen LogP contribution in [0.4, 0.5) is 11.4 Å². The summed E-state index contributed by atoms with van der Waals surface area (Å²) in [6.45, 7) is 0.625. The van der Waals surface area contributed by atoms with Gasteiger partial charge in [-0.1, -0.05) is 30.3 Å². The summed E-state index contributed by atoms with van der Waals surface area (Å²) in [5, 5.41) is 6.01. The number of nitrogens with one attached hydrogen (secondary N) is 2. The lowest BCUT2D eigenvalue weighted by Gasteiger charge is -2.13. The number of carbonyl (C=O) groups excluding carboxylic acids is 1. The molecule has 0 saturated heterocycles. The van der Waals surface area contributed by atoms with E-state index in [1.54, 1.807) is 20.2 Å². The Morgan fingerprint density at radius 3 is 2.43 bits per heavy atom. The molecule has 2 aromatic carbocycles. The highest BCUT2D eigenvalue weighted by atomic mass is 16.5. The molecule has 0 bridgehead atoms. The molecule has 0 fully saturated rings. The molecule has 0 radical (unpaired) electrons. The van der Waals surface area contributed by atoms with Gasteiger partial charge in [-0.3, -0.25) is 4.79 Å². The van der Waals surface area contributed by atoms with E-state index in [0.29, 0.717) is 12.2 Å². The van der Waals surface area contributed by atoms with Gasteiger partial charge in [0.25, 0.3) is 5.91 Å². The van der Waals surface area contributed by atoms with Crippen LogP contribution in [0.25, 0.3) is 0 Å². The van der Waals surface area contributed by atoms with Crippen molar-refractivity contribution in [3.8, 4) is 0 Å². The van der Waals surface area contributed by atoms with Gasteiger partial charge in [0.15, 0.2) is 0 Å². The first kappa shape index (κ1) is 15.1. The zero-order valence-electron chi connectivity index (χ0n) is 12.3. The van der Waals surface area contributed by atoms with Crippen LogP contribution in [0.5, 0.6) is 0 Å². The molecule has 0 aliphatic rings. The third-order valence-electron chi connectivity index (χ3n) is 3.28. The minimum atomic E-state index is -0.121. The van der Waals surface area contributed by atoms with Gasteiger partial charge in [0, 0.05) is 25.5 Å². The van der Waals surface area contributed by atoms with Crippen LogP contribution in [0, 0.1) is 0 Å². The molecular weight excluding hydrogens is 264 g/mol. The molecule has 110 valence electrons. The van der Waals surface area contributed by atoms with Gasteiger partial charge < -0.3 is 15.4 Å². The van der Waals surface area contributed by atoms with Crippen LogP contribution in [0.2, 0.25) is 0 Å². The van der Waals surface area contributed by atoms with E-state index in [1.165, 1.54) is 0 Å². The van der Waals surface area contributed by atoms with E-state index >= 15 is 0 Å². The average Bonchev–Trinajstić information content (AvgIpc) is 2.54. The quantitative estimate of drug-likeness (QED) is 0.856. The number of benzene rings is 2. The SMILES string of the molecule is CNc1ccccc1C(=O)Nc1ccccc1CCOC. The number of amides is 1. The van der Waals surface area contributed by atoms with Crippen LogP contribution in [-0.4, -0.2) is 26.7 Å². The van der Waals surface area contributed by atoms with Gasteiger partial charge in [0.1, 0.15) is 0 Å². The monoisotopic (exact) mass is 284 g/mol. The Balaban J connectivity index is 2.19. The molecular formula is C17H20N2O2. The first-order chi connectivity index (χ1) is 10.3. The fraction of sp³-hybridized carbons (Fsp3) is 0.235. The molecule has 0 unspecified atom stereocenters. The molecule has 2 N–H and O–H groups in total. The maximum absolute atomic E-state index is 12.4. The smallest absolute Gasteiger partial charge is 0.257 e. The van der Waals surface area contributed by atoms with Crippen LogP contribution >= 0.6 is 0 Å². The number of hydrogen-bond acceptors (Lipinski definition) is 3. The molecule has 2 rings (SSSR count). The number of anilines is 2. The van der Waals surface area contributed by atoms with Gasteiger partial charge in [-0.15, -0.1) is 0 Å². The number of hydrogen-bond donors (Lipinski definition) is 2. The van der Waals surface area contributed by atoms with E-state index < -0.39 is 0 Å². The van der Waals surface area contributed by atoms with Crippen molar-refractivity contribution in [2.75, 3.05) is 31.4 Å². The lowest BCUT2D eigenvalue weighted by Crippen LogP contribution is -2.15. The van der Waals surface area contributed by atoms with Crippen molar-refractivity contribution < 1.29 is 9.53 Å². The summed E-state index contributed by atoms with van der Waals surface area (Å²) in [7, 11) is 3.48. The Morgan fingerprint density at radius 1 is 1.05 bits per heavy atom. The Hall–Kier alpha value is -2.33. The second-order valence-corrected chi connectivity index (χ2v) is 4.65. The number of methoxy groups -OCH3 is 1. The fourth-order valence-electron chi connectivity index (χ4n) is 2.16. The van der Waals surface area contributed by atoms with Crippen molar-refractivity contribution in [3.05, 3.63) is 59.7 Å². The largest absolute Gasteiger partial charge is 0.387 e. The summed E-state index contributed by atoms with van der Waals surface area (Å²) >= 11 is 0. The molecule has 1 amide bonds. The zero-order valence-corrected chi connectivity index (χ0v) is 12.3. The second-order valence-electron chi connectivity index (χ2n) is 4.65. The molecule has 2 aromatic rings. The van der Waals surface area contributed by atoms with Crippen molar-refractivity contribution in [1.82, 2.24) is 0 Å². The van der Waals surface area contributed by atoms with Crippen LogP contribution in [-0.2, 0) is 11.2 Å². The van der Waals surface area contributed by atoms with Crippen LogP contribution in [0.15, 0.2) is 48.5 Å². The van der Waals surface area contributed by atoms with Crippen molar-refractivity contribution >= 4 is 17.3 Å². The summed E-state index contributed by atoms with van der Waals surface area (Å²) in [6.07, 6.45) is 0.765. The highest BCUT2D eigenvalue weighted by molar-refractivity contribution is 6.08. The topological polar surface area (TPSA) is 50.4 Å². The predicted molar refractivity (Wildman–Crippen MR) is 86.0 cm³/mol. The molecule has 0 atom stereocenters. The van der Waals surface area contributed by atoms with Crippen LogP contribution in [0.3, 0.4) is 0 Å². The molecule has 0 aliphatic heterocycles. The summed E-state index contributed by atoms with van der Waals surface area (Å²) in [6, 6.07) is 15.2. The van der Waals surface area contributed by atoms with Crippen molar-refractivity contribution in [2.45, 2.75) is 6.42 Å². The standard InChI is InChI=1S/C17H20N2O2/c1-18-16-10-6-4-8-14(16)17(20)19-15-9-5-3-7-13(15)11-12-21-2/h3-10,18H,11-12H2,1-2H3,(H,19,20). The molecule has 4 nitrogen and oxygen atoms in total. The van der Waals surface area contributed by atoms with E-state index in [0.717, 1.165) is 23.4 Å². The maximum Gasteiger partial charge on any atom is 0.257 e. The van der Waals surface area contributed by atoms with Gasteiger partial charge in [0.05, 0.1) is 12.2 Å². The Labute approximate surface area is 125 Å². The highest BCUT2D eigenvalue weighted by Gasteiger charge is 2.11. The minimum absolute atomic E-state index is 0.121. The predicted octanol–water partition coefficient (Wildman–Crippen LogP) is 3.17. The maximum atomic E-state index is 12.4. The van der Waals surface area contributed by atoms with Gasteiger partial charge >= 0.3 is 0 Å². The normalized spacial score (nSPS) is 10.2. The molecule has 0 aliphatic carbocycles. The molecule has 0 heterocycles. The van der Waals surface area contributed by atoms with E-state index in [1.807, 2.05) is 42.5 Å². The number of para-hydroxylation sites is 2. The number of carbonyl (C=O) groups is 1. The van der Waals surface area contributed by atoms with Crippen molar-refractivity contribution in [2.24, 2.45) is 0 Å². The third kappa shape index (κ3) is 3.83.